The lowest BCUT2D eigenvalue weighted by Gasteiger charge is -2.11. The molecule has 8 heteroatoms. The van der Waals surface area contributed by atoms with E-state index >= 15 is 0 Å². The summed E-state index contributed by atoms with van der Waals surface area (Å²) >= 11 is 12.2. The molecule has 0 saturated heterocycles. The highest BCUT2D eigenvalue weighted by atomic mass is 35.5. The number of carbonyl (C=O) groups excluding carboxylic acids is 2. The maximum Gasteiger partial charge on any atom is 0.312 e. The predicted molar refractivity (Wildman–Crippen MR) is 98.5 cm³/mol. The van der Waals surface area contributed by atoms with Crippen LogP contribution in [0.4, 0.5) is 5.69 Å². The van der Waals surface area contributed by atoms with Gasteiger partial charge < -0.3 is 14.6 Å². The number of nitrogens with zero attached hydrogens (tertiary/aromatic N) is 1. The summed E-state index contributed by atoms with van der Waals surface area (Å²) in [5, 5.41) is 7.77. The molecule has 0 aliphatic rings. The molecule has 0 radical (unpaired) electrons. The highest BCUT2D eigenvalue weighted by Crippen LogP contribution is 2.32. The Kier molecular flexibility index (Phi) is 5.44. The molecule has 0 aliphatic heterocycles. The van der Waals surface area contributed by atoms with Crippen LogP contribution in [0.15, 0.2) is 40.9 Å². The minimum atomic E-state index is -0.597. The molecule has 0 unspecified atom stereocenters. The summed E-state index contributed by atoms with van der Waals surface area (Å²) in [5.41, 5.74) is 2.09. The molecule has 2 aromatic carbocycles. The first-order valence-corrected chi connectivity index (χ1v) is 8.44. The molecule has 0 fully saturated rings. The van der Waals surface area contributed by atoms with Gasteiger partial charge in [0.2, 0.25) is 0 Å². The molecule has 0 bridgehead atoms. The van der Waals surface area contributed by atoms with E-state index in [4.69, 9.17) is 32.5 Å². The average molecular weight is 393 g/mol. The van der Waals surface area contributed by atoms with E-state index in [1.807, 2.05) is 12.1 Å². The number of fused-ring (bicyclic) bond motifs is 1. The van der Waals surface area contributed by atoms with Gasteiger partial charge in [0.25, 0.3) is 5.91 Å². The summed E-state index contributed by atoms with van der Waals surface area (Å²) in [4.78, 5) is 24.0. The number of esters is 1. The van der Waals surface area contributed by atoms with Crippen LogP contribution >= 0.6 is 23.2 Å². The van der Waals surface area contributed by atoms with Crippen LogP contribution < -0.4 is 5.32 Å². The molecule has 0 aliphatic carbocycles. The molecule has 6 nitrogen and oxygen atoms in total. The van der Waals surface area contributed by atoms with Gasteiger partial charge in [0.05, 0.1) is 22.2 Å². The van der Waals surface area contributed by atoms with Crippen molar-refractivity contribution in [3.05, 3.63) is 57.7 Å². The Morgan fingerprint density at radius 2 is 1.96 bits per heavy atom. The van der Waals surface area contributed by atoms with Gasteiger partial charge in [-0.25, -0.2) is 0 Å². The molecule has 0 saturated carbocycles. The number of ether oxygens (including phenoxy) is 1. The second-order valence-corrected chi connectivity index (χ2v) is 6.35. The van der Waals surface area contributed by atoms with Crippen molar-refractivity contribution < 1.29 is 18.8 Å². The fourth-order valence-corrected chi connectivity index (χ4v) is 2.81. The SMILES string of the molecule is Cc1ccc(Cl)c(NC(=O)COC(=O)Cc2noc3ccccc23)c1Cl. The molecular formula is C18H14Cl2N2O4. The molecule has 1 aromatic heterocycles. The molecule has 134 valence electrons. The molecule has 1 heterocycles. The molecule has 26 heavy (non-hydrogen) atoms. The summed E-state index contributed by atoms with van der Waals surface area (Å²) in [6.07, 6.45) is -0.101. The van der Waals surface area contributed by atoms with Crippen molar-refractivity contribution in [2.75, 3.05) is 11.9 Å². The fraction of sp³-hybridized carbons (Fsp3) is 0.167. The Labute approximate surface area is 159 Å². The standard InChI is InChI=1S/C18H14Cl2N2O4/c1-10-6-7-12(19)18(17(10)20)21-15(23)9-25-16(24)8-13-11-4-2-3-5-14(11)26-22-13/h2-7H,8-9H2,1H3,(H,21,23). The average Bonchev–Trinajstić information content (AvgIpc) is 3.03. The zero-order valence-corrected chi connectivity index (χ0v) is 15.2. The zero-order chi connectivity index (χ0) is 18.7. The van der Waals surface area contributed by atoms with Crippen LogP contribution in [-0.2, 0) is 20.7 Å². The van der Waals surface area contributed by atoms with Gasteiger partial charge in [-0.15, -0.1) is 0 Å². The summed E-state index contributed by atoms with van der Waals surface area (Å²) in [7, 11) is 0. The molecular weight excluding hydrogens is 379 g/mol. The van der Waals surface area contributed by atoms with Gasteiger partial charge in [0, 0.05) is 5.39 Å². The van der Waals surface area contributed by atoms with Gasteiger partial charge in [-0.3, -0.25) is 9.59 Å². The third kappa shape index (κ3) is 3.98. The van der Waals surface area contributed by atoms with E-state index in [0.717, 1.165) is 10.9 Å². The number of aromatic nitrogens is 1. The quantitative estimate of drug-likeness (QED) is 0.658. The summed E-state index contributed by atoms with van der Waals surface area (Å²) < 4.78 is 10.1. The number of halogens is 2. The zero-order valence-electron chi connectivity index (χ0n) is 13.7. The number of carbonyl (C=O) groups is 2. The molecule has 1 N–H and O–H groups in total. The minimum Gasteiger partial charge on any atom is -0.455 e. The van der Waals surface area contributed by atoms with Crippen molar-refractivity contribution in [1.29, 1.82) is 0 Å². The van der Waals surface area contributed by atoms with Gasteiger partial charge in [-0.2, -0.15) is 0 Å². The Hall–Kier alpha value is -2.57. The maximum atomic E-state index is 12.0. The predicted octanol–water partition coefficient (Wildman–Crippen LogP) is 4.17. The van der Waals surface area contributed by atoms with Crippen molar-refractivity contribution in [1.82, 2.24) is 5.16 Å². The lowest BCUT2D eigenvalue weighted by atomic mass is 10.2. The van der Waals surface area contributed by atoms with Crippen LogP contribution in [0, 0.1) is 6.92 Å². The maximum absolute atomic E-state index is 12.0. The van der Waals surface area contributed by atoms with Crippen LogP contribution in [0.3, 0.4) is 0 Å². The monoisotopic (exact) mass is 392 g/mol. The van der Waals surface area contributed by atoms with Crippen LogP contribution in [0.5, 0.6) is 0 Å². The van der Waals surface area contributed by atoms with E-state index in [1.165, 1.54) is 0 Å². The van der Waals surface area contributed by atoms with Gasteiger partial charge >= 0.3 is 5.97 Å². The van der Waals surface area contributed by atoms with Gasteiger partial charge in [-0.05, 0) is 30.7 Å². The molecule has 0 spiro atoms. The number of aryl methyl sites for hydroxylation is 1. The van der Waals surface area contributed by atoms with E-state index in [1.54, 1.807) is 31.2 Å². The normalized spacial score (nSPS) is 10.7. The lowest BCUT2D eigenvalue weighted by Crippen LogP contribution is -2.22. The van der Waals surface area contributed by atoms with Crippen LogP contribution in [0.25, 0.3) is 11.0 Å². The number of anilines is 1. The minimum absolute atomic E-state index is 0.101. The van der Waals surface area contributed by atoms with Crippen molar-refractivity contribution >= 4 is 51.7 Å². The van der Waals surface area contributed by atoms with Crippen LogP contribution in [-0.4, -0.2) is 23.6 Å². The number of hydrogen-bond acceptors (Lipinski definition) is 5. The van der Waals surface area contributed by atoms with Crippen LogP contribution in [0.2, 0.25) is 10.0 Å². The van der Waals surface area contributed by atoms with E-state index in [0.29, 0.717) is 21.3 Å². The largest absolute Gasteiger partial charge is 0.455 e. The highest BCUT2D eigenvalue weighted by Gasteiger charge is 2.16. The van der Waals surface area contributed by atoms with Gasteiger partial charge in [-0.1, -0.05) is 46.6 Å². The molecule has 0 atom stereocenters. The topological polar surface area (TPSA) is 81.4 Å². The summed E-state index contributed by atoms with van der Waals surface area (Å²) in [6, 6.07) is 10.5. The molecule has 1 amide bonds. The number of para-hydroxylation sites is 1. The first-order chi connectivity index (χ1) is 12.5. The summed E-state index contributed by atoms with van der Waals surface area (Å²) in [6.45, 7) is 1.33. The van der Waals surface area contributed by atoms with E-state index in [-0.39, 0.29) is 12.1 Å². The molecule has 3 aromatic rings. The Morgan fingerprint density at radius 1 is 1.19 bits per heavy atom. The highest BCUT2D eigenvalue weighted by molar-refractivity contribution is 6.40. The number of nitrogens with one attached hydrogen (secondary N) is 1. The second kappa shape index (κ2) is 7.76. The Balaban J connectivity index is 1.58. The summed E-state index contributed by atoms with van der Waals surface area (Å²) in [5.74, 6) is -1.14. The second-order valence-electron chi connectivity index (χ2n) is 5.56. The third-order valence-corrected chi connectivity index (χ3v) is 4.48. The van der Waals surface area contributed by atoms with Crippen LogP contribution in [0.1, 0.15) is 11.3 Å². The third-order valence-electron chi connectivity index (χ3n) is 3.68. The van der Waals surface area contributed by atoms with Crippen molar-refractivity contribution in [3.8, 4) is 0 Å². The van der Waals surface area contributed by atoms with Gasteiger partial charge in [0.15, 0.2) is 12.2 Å². The Morgan fingerprint density at radius 3 is 2.77 bits per heavy atom. The molecule has 3 rings (SSSR count). The smallest absolute Gasteiger partial charge is 0.312 e. The van der Waals surface area contributed by atoms with Crippen molar-refractivity contribution in [2.45, 2.75) is 13.3 Å². The fourth-order valence-electron chi connectivity index (χ4n) is 2.35. The Bertz CT molecular complexity index is 984. The van der Waals surface area contributed by atoms with E-state index in [2.05, 4.69) is 10.5 Å². The van der Waals surface area contributed by atoms with Crippen molar-refractivity contribution in [3.63, 3.8) is 0 Å². The van der Waals surface area contributed by atoms with E-state index in [9.17, 15) is 9.59 Å². The first-order valence-electron chi connectivity index (χ1n) is 7.69. The number of rotatable bonds is 5. The number of hydrogen-bond donors (Lipinski definition) is 1. The van der Waals surface area contributed by atoms with Gasteiger partial charge in [0.1, 0.15) is 5.69 Å². The number of amides is 1. The van der Waals surface area contributed by atoms with E-state index < -0.39 is 18.5 Å². The van der Waals surface area contributed by atoms with Crippen molar-refractivity contribution in [2.24, 2.45) is 0 Å². The first kappa shape index (κ1) is 18.2. The number of benzene rings is 2. The lowest BCUT2D eigenvalue weighted by molar-refractivity contribution is -0.146.